The summed E-state index contributed by atoms with van der Waals surface area (Å²) >= 11 is 1.23. The maximum atomic E-state index is 12.0. The molecule has 1 heterocycles. The Hall–Kier alpha value is -0.960. The van der Waals surface area contributed by atoms with Crippen LogP contribution < -0.4 is 10.0 Å². The van der Waals surface area contributed by atoms with Crippen molar-refractivity contribution < 1.29 is 13.2 Å². The maximum absolute atomic E-state index is 12.0. The molecule has 0 fully saturated rings. The van der Waals surface area contributed by atoms with E-state index < -0.39 is 10.0 Å². The Morgan fingerprint density at radius 3 is 2.62 bits per heavy atom. The van der Waals surface area contributed by atoms with Crippen LogP contribution in [0.5, 0.6) is 0 Å². The summed E-state index contributed by atoms with van der Waals surface area (Å²) in [5.41, 5.74) is 0. The van der Waals surface area contributed by atoms with E-state index in [4.69, 9.17) is 0 Å². The highest BCUT2D eigenvalue weighted by atomic mass is 32.2. The number of nitrogens with zero attached hydrogens (tertiary/aromatic N) is 1. The maximum Gasteiger partial charge on any atom is 0.250 e. The van der Waals surface area contributed by atoms with Crippen molar-refractivity contribution in [3.8, 4) is 0 Å². The summed E-state index contributed by atoms with van der Waals surface area (Å²) in [7, 11) is 0.331. The Balaban J connectivity index is 2.37. The molecule has 21 heavy (non-hydrogen) atoms. The second-order valence-electron chi connectivity index (χ2n) is 4.91. The Kier molecular flexibility index (Phi) is 7.30. The fourth-order valence-electron chi connectivity index (χ4n) is 1.61. The first-order valence-electron chi connectivity index (χ1n) is 6.85. The predicted molar refractivity (Wildman–Crippen MR) is 85.1 cm³/mol. The average Bonchev–Trinajstić information content (AvgIpc) is 2.91. The van der Waals surface area contributed by atoms with Gasteiger partial charge in [0.2, 0.25) is 5.91 Å². The molecule has 0 saturated carbocycles. The van der Waals surface area contributed by atoms with Crippen LogP contribution in [0.15, 0.2) is 16.3 Å². The molecule has 1 amide bonds. The smallest absolute Gasteiger partial charge is 0.250 e. The number of sulfonamides is 1. The topological polar surface area (TPSA) is 78.5 Å². The van der Waals surface area contributed by atoms with Gasteiger partial charge in [0, 0.05) is 11.4 Å². The fraction of sp³-hybridized carbons (Fsp3) is 0.615. The van der Waals surface area contributed by atoms with Gasteiger partial charge in [-0.25, -0.2) is 13.1 Å². The first-order valence-corrected chi connectivity index (χ1v) is 9.15. The summed E-state index contributed by atoms with van der Waals surface area (Å²) in [5, 5.41) is 2.69. The highest BCUT2D eigenvalue weighted by Gasteiger charge is 2.17. The Morgan fingerprint density at radius 2 is 2.05 bits per heavy atom. The average molecular weight is 333 g/mol. The monoisotopic (exact) mass is 333 g/mol. The Morgan fingerprint density at radius 1 is 1.33 bits per heavy atom. The second-order valence-corrected chi connectivity index (χ2v) is 8.07. The lowest BCUT2D eigenvalue weighted by Gasteiger charge is -2.10. The lowest BCUT2D eigenvalue weighted by Crippen LogP contribution is -2.37. The van der Waals surface area contributed by atoms with E-state index in [0.29, 0.717) is 6.54 Å². The normalized spacial score (nSPS) is 11.8. The number of thiophene rings is 1. The van der Waals surface area contributed by atoms with Crippen LogP contribution in [-0.2, 0) is 21.2 Å². The molecule has 1 aromatic heterocycles. The van der Waals surface area contributed by atoms with Gasteiger partial charge in [0.05, 0.1) is 6.54 Å². The van der Waals surface area contributed by atoms with Crippen molar-refractivity contribution in [2.24, 2.45) is 0 Å². The standard InChI is InChI=1S/C13H23N3O3S2/c1-4-11-6-7-13(20-11)21(18,19)15-10-12(17)14-8-5-9-16(2)3/h6-7,15H,4-5,8-10H2,1-3H3,(H,14,17). The highest BCUT2D eigenvalue weighted by molar-refractivity contribution is 7.91. The first-order chi connectivity index (χ1) is 9.85. The zero-order valence-corrected chi connectivity index (χ0v) is 14.3. The SMILES string of the molecule is CCc1ccc(S(=O)(=O)NCC(=O)NCCCN(C)C)s1. The molecule has 2 N–H and O–H groups in total. The van der Waals surface area contributed by atoms with Crippen LogP contribution in [0.4, 0.5) is 0 Å². The number of hydrogen-bond acceptors (Lipinski definition) is 5. The molecule has 0 spiro atoms. The van der Waals surface area contributed by atoms with Gasteiger partial charge in [0.25, 0.3) is 10.0 Å². The van der Waals surface area contributed by atoms with Crippen LogP contribution >= 0.6 is 11.3 Å². The third-order valence-electron chi connectivity index (χ3n) is 2.78. The molecule has 0 aromatic carbocycles. The number of aryl methyl sites for hydroxylation is 1. The number of amides is 1. The molecule has 0 aliphatic heterocycles. The molecule has 0 atom stereocenters. The van der Waals surface area contributed by atoms with Crippen molar-refractivity contribution in [1.29, 1.82) is 0 Å². The van der Waals surface area contributed by atoms with E-state index in [-0.39, 0.29) is 16.7 Å². The van der Waals surface area contributed by atoms with Gasteiger partial charge in [0.15, 0.2) is 0 Å². The molecule has 0 radical (unpaired) electrons. The number of hydrogen-bond donors (Lipinski definition) is 2. The van der Waals surface area contributed by atoms with E-state index in [1.807, 2.05) is 25.9 Å². The Labute approximate surface area is 130 Å². The summed E-state index contributed by atoms with van der Waals surface area (Å²) in [5.74, 6) is -0.315. The van der Waals surface area contributed by atoms with Gasteiger partial charge in [-0.1, -0.05) is 6.92 Å². The quantitative estimate of drug-likeness (QED) is 0.651. The second kappa shape index (κ2) is 8.47. The van der Waals surface area contributed by atoms with E-state index in [9.17, 15) is 13.2 Å². The number of carbonyl (C=O) groups is 1. The molecule has 1 rings (SSSR count). The third kappa shape index (κ3) is 6.56. The Bertz CT molecular complexity index is 553. The molecule has 1 aromatic rings. The van der Waals surface area contributed by atoms with Crippen LogP contribution in [-0.4, -0.2) is 53.0 Å². The van der Waals surface area contributed by atoms with Gasteiger partial charge in [-0.05, 0) is 45.6 Å². The lowest BCUT2D eigenvalue weighted by molar-refractivity contribution is -0.119. The number of carbonyl (C=O) groups excluding carboxylic acids is 1. The number of rotatable bonds is 9. The first kappa shape index (κ1) is 18.1. The van der Waals surface area contributed by atoms with Crippen molar-refractivity contribution in [3.05, 3.63) is 17.0 Å². The van der Waals surface area contributed by atoms with E-state index in [1.165, 1.54) is 11.3 Å². The summed E-state index contributed by atoms with van der Waals surface area (Å²) in [4.78, 5) is 14.6. The van der Waals surface area contributed by atoms with Crippen molar-refractivity contribution >= 4 is 27.3 Å². The van der Waals surface area contributed by atoms with Crippen LogP contribution in [0.3, 0.4) is 0 Å². The highest BCUT2D eigenvalue weighted by Crippen LogP contribution is 2.21. The van der Waals surface area contributed by atoms with Gasteiger partial charge in [-0.3, -0.25) is 4.79 Å². The van der Waals surface area contributed by atoms with Gasteiger partial charge < -0.3 is 10.2 Å². The lowest BCUT2D eigenvalue weighted by atomic mass is 10.4. The molecule has 6 nitrogen and oxygen atoms in total. The molecule has 0 aliphatic rings. The van der Waals surface area contributed by atoms with Crippen LogP contribution in [0, 0.1) is 0 Å². The van der Waals surface area contributed by atoms with Crippen molar-refractivity contribution in [2.45, 2.75) is 24.0 Å². The molecule has 120 valence electrons. The zero-order chi connectivity index (χ0) is 15.9. The minimum Gasteiger partial charge on any atom is -0.355 e. The van der Waals surface area contributed by atoms with E-state index in [0.717, 1.165) is 24.3 Å². The zero-order valence-electron chi connectivity index (χ0n) is 12.7. The largest absolute Gasteiger partial charge is 0.355 e. The van der Waals surface area contributed by atoms with Crippen LogP contribution in [0.25, 0.3) is 0 Å². The van der Waals surface area contributed by atoms with E-state index in [2.05, 4.69) is 10.0 Å². The van der Waals surface area contributed by atoms with Gasteiger partial charge in [-0.2, -0.15) is 0 Å². The molecule has 0 unspecified atom stereocenters. The summed E-state index contributed by atoms with van der Waals surface area (Å²) in [6.45, 7) is 3.15. The van der Waals surface area contributed by atoms with Gasteiger partial charge in [-0.15, -0.1) is 11.3 Å². The number of nitrogens with one attached hydrogen (secondary N) is 2. The van der Waals surface area contributed by atoms with Crippen LogP contribution in [0.2, 0.25) is 0 Å². The molecular weight excluding hydrogens is 310 g/mol. The molecule has 0 aliphatic carbocycles. The van der Waals surface area contributed by atoms with Crippen molar-refractivity contribution in [3.63, 3.8) is 0 Å². The third-order valence-corrected chi connectivity index (χ3v) is 5.90. The van der Waals surface area contributed by atoms with Gasteiger partial charge in [0.1, 0.15) is 4.21 Å². The molecule has 0 bridgehead atoms. The summed E-state index contributed by atoms with van der Waals surface area (Å²) in [6.07, 6.45) is 1.63. The van der Waals surface area contributed by atoms with Gasteiger partial charge >= 0.3 is 0 Å². The van der Waals surface area contributed by atoms with Crippen LogP contribution in [0.1, 0.15) is 18.2 Å². The minimum absolute atomic E-state index is 0.232. The minimum atomic E-state index is -3.59. The molecule has 8 heteroatoms. The van der Waals surface area contributed by atoms with Crippen molar-refractivity contribution in [1.82, 2.24) is 14.9 Å². The predicted octanol–water partition coefficient (Wildman–Crippen LogP) is 0.657. The molecular formula is C13H23N3O3S2. The molecule has 0 saturated heterocycles. The van der Waals surface area contributed by atoms with E-state index >= 15 is 0 Å². The van der Waals surface area contributed by atoms with Crippen molar-refractivity contribution in [2.75, 3.05) is 33.7 Å². The summed E-state index contributed by atoms with van der Waals surface area (Å²) in [6, 6.07) is 3.36. The van der Waals surface area contributed by atoms with E-state index in [1.54, 1.807) is 12.1 Å². The fourth-order valence-corrected chi connectivity index (χ4v) is 3.93. The summed E-state index contributed by atoms with van der Waals surface area (Å²) < 4.78 is 26.6.